The molecular formula is C5H4F8O4S. The van der Waals surface area contributed by atoms with Crippen LogP contribution in [0.25, 0.3) is 0 Å². The minimum absolute atomic E-state index is 0.630. The van der Waals surface area contributed by atoms with Crippen LogP contribution in [0.2, 0.25) is 0 Å². The summed E-state index contributed by atoms with van der Waals surface area (Å²) in [7, 11) is -6.86. The van der Waals surface area contributed by atoms with Crippen molar-refractivity contribution in [2.75, 3.05) is 0 Å². The molecule has 0 aliphatic carbocycles. The molecule has 0 spiro atoms. The molecule has 0 saturated carbocycles. The summed E-state index contributed by atoms with van der Waals surface area (Å²) in [6.07, 6.45) is -12.7. The Kier molecular flexibility index (Phi) is 4.00. The van der Waals surface area contributed by atoms with Gasteiger partial charge in [-0.25, -0.2) is 4.74 Å². The lowest BCUT2D eigenvalue weighted by Crippen LogP contribution is -2.55. The third-order valence-electron chi connectivity index (χ3n) is 1.43. The van der Waals surface area contributed by atoms with Crippen molar-refractivity contribution in [3.05, 3.63) is 0 Å². The molecule has 0 atom stereocenters. The van der Waals surface area contributed by atoms with E-state index in [9.17, 15) is 43.5 Å². The molecule has 0 aromatic rings. The van der Waals surface area contributed by atoms with E-state index in [1.807, 2.05) is 4.74 Å². The summed E-state index contributed by atoms with van der Waals surface area (Å²) in [5, 5.41) is -6.53. The van der Waals surface area contributed by atoms with E-state index in [1.54, 1.807) is 0 Å². The molecule has 0 aliphatic rings. The van der Waals surface area contributed by atoms with Crippen LogP contribution < -0.4 is 0 Å². The topological polar surface area (TPSA) is 63.6 Å². The van der Waals surface area contributed by atoms with Crippen molar-refractivity contribution in [3.63, 3.8) is 0 Å². The van der Waals surface area contributed by atoms with Crippen LogP contribution in [-0.4, -0.2) is 36.4 Å². The molecule has 13 heteroatoms. The van der Waals surface area contributed by atoms with Gasteiger partial charge in [0.25, 0.3) is 0 Å². The zero-order valence-corrected chi connectivity index (χ0v) is 8.92. The lowest BCUT2D eigenvalue weighted by molar-refractivity contribution is -0.453. The van der Waals surface area contributed by atoms with Gasteiger partial charge < -0.3 is 0 Å². The van der Waals surface area contributed by atoms with E-state index in [0.717, 1.165) is 0 Å². The van der Waals surface area contributed by atoms with Crippen LogP contribution >= 0.6 is 0 Å². The molecule has 0 amide bonds. The molecule has 0 radical (unpaired) electrons. The van der Waals surface area contributed by atoms with E-state index >= 15 is 0 Å². The molecule has 0 heterocycles. The maximum absolute atomic E-state index is 12.4. The third-order valence-corrected chi connectivity index (χ3v) is 2.32. The van der Waals surface area contributed by atoms with Crippen LogP contribution in [-0.2, 0) is 14.9 Å². The van der Waals surface area contributed by atoms with Gasteiger partial charge in [-0.3, -0.25) is 4.55 Å². The van der Waals surface area contributed by atoms with E-state index in [2.05, 4.69) is 0 Å². The zero-order valence-electron chi connectivity index (χ0n) is 8.10. The van der Waals surface area contributed by atoms with Gasteiger partial charge in [0, 0.05) is 6.92 Å². The molecule has 110 valence electrons. The maximum atomic E-state index is 12.4. The standard InChI is InChI=1S/C5H4F8O4S/c1-2(6,7)3(8,9)17-4(10,11)5(12,13)18(14,15)16/h1H3,(H,14,15,16). The minimum atomic E-state index is -6.86. The van der Waals surface area contributed by atoms with Crippen molar-refractivity contribution >= 4 is 10.1 Å². The van der Waals surface area contributed by atoms with Crippen molar-refractivity contribution in [1.29, 1.82) is 0 Å². The normalized spacial score (nSPS) is 15.9. The molecule has 4 nitrogen and oxygen atoms in total. The van der Waals surface area contributed by atoms with Crippen LogP contribution in [0, 0.1) is 0 Å². The molecule has 1 N–H and O–H groups in total. The van der Waals surface area contributed by atoms with Gasteiger partial charge in [-0.15, -0.1) is 0 Å². The quantitative estimate of drug-likeness (QED) is 0.625. The van der Waals surface area contributed by atoms with Gasteiger partial charge in [0.2, 0.25) is 0 Å². The first kappa shape index (κ1) is 17.3. The van der Waals surface area contributed by atoms with Crippen LogP contribution in [0.15, 0.2) is 0 Å². The summed E-state index contributed by atoms with van der Waals surface area (Å²) in [6, 6.07) is 0. The average Bonchev–Trinajstić information content (AvgIpc) is 1.96. The van der Waals surface area contributed by atoms with E-state index in [0.29, 0.717) is 0 Å². The second kappa shape index (κ2) is 4.16. The monoisotopic (exact) mass is 312 g/mol. The summed E-state index contributed by atoms with van der Waals surface area (Å²) >= 11 is 0. The summed E-state index contributed by atoms with van der Waals surface area (Å²) in [5.41, 5.74) is 0. The van der Waals surface area contributed by atoms with Gasteiger partial charge >= 0.3 is 33.5 Å². The van der Waals surface area contributed by atoms with Crippen LogP contribution in [0.1, 0.15) is 6.92 Å². The fraction of sp³-hybridized carbons (Fsp3) is 1.00. The Morgan fingerprint density at radius 3 is 1.44 bits per heavy atom. The summed E-state index contributed by atoms with van der Waals surface area (Å²) in [4.78, 5) is 0. The van der Waals surface area contributed by atoms with Gasteiger partial charge in [-0.05, 0) is 0 Å². The SMILES string of the molecule is CC(F)(F)C(F)(F)OC(F)(F)C(F)(F)S(=O)(=O)O. The number of ether oxygens (including phenoxy) is 1. The summed E-state index contributed by atoms with van der Waals surface area (Å²) < 4.78 is 127. The molecule has 0 fully saturated rings. The fourth-order valence-electron chi connectivity index (χ4n) is 0.460. The van der Waals surface area contributed by atoms with Crippen LogP contribution in [0.4, 0.5) is 35.1 Å². The highest BCUT2D eigenvalue weighted by atomic mass is 32.2. The first-order chi connectivity index (χ1) is 7.46. The Labute approximate surface area is 94.3 Å². The molecular weight excluding hydrogens is 308 g/mol. The Morgan fingerprint density at radius 2 is 1.22 bits per heavy atom. The lowest BCUT2D eigenvalue weighted by atomic mass is 10.3. The van der Waals surface area contributed by atoms with E-state index in [4.69, 9.17) is 4.55 Å². The first-order valence-electron chi connectivity index (χ1n) is 3.64. The Morgan fingerprint density at radius 1 is 0.889 bits per heavy atom. The van der Waals surface area contributed by atoms with Crippen LogP contribution in [0.3, 0.4) is 0 Å². The van der Waals surface area contributed by atoms with Crippen molar-refractivity contribution in [3.8, 4) is 0 Å². The van der Waals surface area contributed by atoms with Gasteiger partial charge in [0.15, 0.2) is 0 Å². The van der Waals surface area contributed by atoms with Crippen molar-refractivity contribution < 1.29 is 52.8 Å². The summed E-state index contributed by atoms with van der Waals surface area (Å²) in [5.74, 6) is -5.30. The number of alkyl halides is 8. The fourth-order valence-corrected chi connectivity index (χ4v) is 0.802. The maximum Gasteiger partial charge on any atom is 0.460 e. The second-order valence-corrected chi connectivity index (χ2v) is 4.48. The van der Waals surface area contributed by atoms with Gasteiger partial charge in [0.1, 0.15) is 0 Å². The van der Waals surface area contributed by atoms with E-state index in [-0.39, 0.29) is 0 Å². The largest absolute Gasteiger partial charge is 0.460 e. The minimum Gasteiger partial charge on any atom is -0.281 e. The zero-order chi connectivity index (χ0) is 15.2. The third kappa shape index (κ3) is 3.00. The molecule has 18 heavy (non-hydrogen) atoms. The summed E-state index contributed by atoms with van der Waals surface area (Å²) in [6.45, 7) is -0.630. The highest BCUT2D eigenvalue weighted by Crippen LogP contribution is 2.46. The van der Waals surface area contributed by atoms with E-state index < -0.39 is 40.4 Å². The predicted octanol–water partition coefficient (Wildman–Crippen LogP) is 2.32. The Balaban J connectivity index is 5.47. The van der Waals surface area contributed by atoms with Gasteiger partial charge in [0.05, 0.1) is 0 Å². The van der Waals surface area contributed by atoms with Gasteiger partial charge in [-0.2, -0.15) is 43.5 Å². The molecule has 0 aromatic carbocycles. The average molecular weight is 312 g/mol. The lowest BCUT2D eigenvalue weighted by Gasteiger charge is -2.29. The highest BCUT2D eigenvalue weighted by molar-refractivity contribution is 7.86. The first-order valence-corrected chi connectivity index (χ1v) is 5.08. The molecule has 0 rings (SSSR count). The Bertz CT molecular complexity index is 410. The smallest absolute Gasteiger partial charge is 0.281 e. The Hall–Kier alpha value is -0.690. The van der Waals surface area contributed by atoms with E-state index in [1.165, 1.54) is 0 Å². The molecule has 0 unspecified atom stereocenters. The number of hydrogen-bond acceptors (Lipinski definition) is 3. The molecule has 0 saturated heterocycles. The molecule has 0 bridgehead atoms. The highest BCUT2D eigenvalue weighted by Gasteiger charge is 2.73. The number of rotatable bonds is 5. The molecule has 0 aromatic heterocycles. The van der Waals surface area contributed by atoms with Crippen molar-refractivity contribution in [2.24, 2.45) is 0 Å². The van der Waals surface area contributed by atoms with Gasteiger partial charge in [-0.1, -0.05) is 0 Å². The number of hydrogen-bond donors (Lipinski definition) is 1. The number of halogens is 8. The van der Waals surface area contributed by atoms with Crippen LogP contribution in [0.5, 0.6) is 0 Å². The van der Waals surface area contributed by atoms with Crippen molar-refractivity contribution in [2.45, 2.75) is 30.3 Å². The molecule has 0 aliphatic heterocycles. The van der Waals surface area contributed by atoms with Crippen molar-refractivity contribution in [1.82, 2.24) is 0 Å². The predicted molar refractivity (Wildman–Crippen MR) is 38.1 cm³/mol. The second-order valence-electron chi connectivity index (χ2n) is 3.02.